The van der Waals surface area contributed by atoms with Crippen molar-refractivity contribution in [3.8, 4) is 5.69 Å². The molecular weight excluding hydrogens is 324 g/mol. The molecular formula is C15H14ClF2N5. The van der Waals surface area contributed by atoms with Crippen molar-refractivity contribution >= 4 is 17.8 Å². The summed E-state index contributed by atoms with van der Waals surface area (Å²) in [6.07, 6.45) is 2.88. The molecule has 1 aliphatic heterocycles. The molecule has 0 fully saturated rings. The number of aromatic nitrogens is 3. The van der Waals surface area contributed by atoms with Crippen LogP contribution >= 0.6 is 11.6 Å². The number of aliphatic imine (C=N–C) groups is 1. The fourth-order valence-corrected chi connectivity index (χ4v) is 2.49. The van der Waals surface area contributed by atoms with E-state index >= 15 is 0 Å². The quantitative estimate of drug-likeness (QED) is 0.856. The van der Waals surface area contributed by atoms with Gasteiger partial charge < -0.3 is 4.90 Å². The summed E-state index contributed by atoms with van der Waals surface area (Å²) in [5.74, 6) is 0. The maximum Gasteiger partial charge on any atom is 0.265 e. The standard InChI is InChI=1S/C15H14ClF2N5/c1-10-5-19-9-22(6-10)7-11-8-23(21-20-11)12-2-3-14(16)13(4-12)15(17)18/h2-6,8,15H,7,9H2,1H3. The van der Waals surface area contributed by atoms with E-state index in [-0.39, 0.29) is 10.6 Å². The van der Waals surface area contributed by atoms with Gasteiger partial charge in [0.1, 0.15) is 12.4 Å². The SMILES string of the molecule is CC1=CN(Cc2cn(-c3ccc(Cl)c(C(F)F)c3)nn2)CN=C1. The van der Waals surface area contributed by atoms with Crippen LogP contribution in [-0.4, -0.2) is 32.8 Å². The monoisotopic (exact) mass is 337 g/mol. The van der Waals surface area contributed by atoms with Crippen LogP contribution in [0, 0.1) is 0 Å². The number of hydrogen-bond acceptors (Lipinski definition) is 4. The molecule has 23 heavy (non-hydrogen) atoms. The third kappa shape index (κ3) is 3.56. The van der Waals surface area contributed by atoms with E-state index in [1.54, 1.807) is 12.3 Å². The largest absolute Gasteiger partial charge is 0.352 e. The Kier molecular flexibility index (Phi) is 4.38. The van der Waals surface area contributed by atoms with Crippen LogP contribution in [0.2, 0.25) is 5.02 Å². The highest BCUT2D eigenvalue weighted by Gasteiger charge is 2.14. The first-order valence-electron chi connectivity index (χ1n) is 6.94. The van der Waals surface area contributed by atoms with Gasteiger partial charge in [0.2, 0.25) is 0 Å². The predicted molar refractivity (Wildman–Crippen MR) is 84.0 cm³/mol. The third-order valence-corrected chi connectivity index (χ3v) is 3.67. The van der Waals surface area contributed by atoms with Crippen molar-refractivity contribution in [3.05, 3.63) is 52.4 Å². The molecule has 120 valence electrons. The van der Waals surface area contributed by atoms with Crippen molar-refractivity contribution in [1.82, 2.24) is 19.9 Å². The van der Waals surface area contributed by atoms with Gasteiger partial charge in [0, 0.05) is 23.0 Å². The fourth-order valence-electron chi connectivity index (χ4n) is 2.29. The molecule has 1 aromatic heterocycles. The van der Waals surface area contributed by atoms with Crippen LogP contribution in [0.4, 0.5) is 8.78 Å². The van der Waals surface area contributed by atoms with Crippen molar-refractivity contribution in [2.24, 2.45) is 4.99 Å². The number of allylic oxidation sites excluding steroid dienone is 1. The summed E-state index contributed by atoms with van der Waals surface area (Å²) in [4.78, 5) is 6.22. The van der Waals surface area contributed by atoms with Crippen molar-refractivity contribution in [2.45, 2.75) is 19.9 Å². The Labute approximate surface area is 136 Å². The predicted octanol–water partition coefficient (Wildman–Crippen LogP) is 3.61. The van der Waals surface area contributed by atoms with Gasteiger partial charge in [-0.2, -0.15) is 0 Å². The number of benzene rings is 1. The second kappa shape index (κ2) is 6.45. The Bertz CT molecular complexity index is 769. The highest BCUT2D eigenvalue weighted by atomic mass is 35.5. The Morgan fingerprint density at radius 2 is 2.17 bits per heavy atom. The van der Waals surface area contributed by atoms with Gasteiger partial charge in [0.15, 0.2) is 0 Å². The Morgan fingerprint density at radius 1 is 1.35 bits per heavy atom. The topological polar surface area (TPSA) is 46.3 Å². The van der Waals surface area contributed by atoms with Gasteiger partial charge >= 0.3 is 0 Å². The summed E-state index contributed by atoms with van der Waals surface area (Å²) >= 11 is 5.77. The average Bonchev–Trinajstić information content (AvgIpc) is 2.96. The van der Waals surface area contributed by atoms with Gasteiger partial charge in [-0.15, -0.1) is 5.10 Å². The molecule has 8 heteroatoms. The zero-order valence-electron chi connectivity index (χ0n) is 12.3. The van der Waals surface area contributed by atoms with E-state index in [9.17, 15) is 8.78 Å². The van der Waals surface area contributed by atoms with Gasteiger partial charge in [0.05, 0.1) is 18.4 Å². The lowest BCUT2D eigenvalue weighted by molar-refractivity contribution is 0.151. The molecule has 3 rings (SSSR count). The number of hydrogen-bond donors (Lipinski definition) is 0. The van der Waals surface area contributed by atoms with E-state index < -0.39 is 6.43 Å². The first kappa shape index (κ1) is 15.6. The molecule has 0 radical (unpaired) electrons. The lowest BCUT2D eigenvalue weighted by Crippen LogP contribution is -2.20. The molecule has 0 saturated heterocycles. The Morgan fingerprint density at radius 3 is 2.91 bits per heavy atom. The van der Waals surface area contributed by atoms with E-state index in [0.717, 1.165) is 11.3 Å². The molecule has 0 amide bonds. The van der Waals surface area contributed by atoms with Crippen molar-refractivity contribution in [3.63, 3.8) is 0 Å². The van der Waals surface area contributed by atoms with Crippen LogP contribution in [0.15, 0.2) is 41.2 Å². The van der Waals surface area contributed by atoms with E-state index in [1.165, 1.54) is 16.8 Å². The van der Waals surface area contributed by atoms with Gasteiger partial charge in [0.25, 0.3) is 6.43 Å². The highest BCUT2D eigenvalue weighted by Crippen LogP contribution is 2.28. The highest BCUT2D eigenvalue weighted by molar-refractivity contribution is 6.31. The lowest BCUT2D eigenvalue weighted by atomic mass is 10.2. The molecule has 1 aromatic carbocycles. The van der Waals surface area contributed by atoms with Crippen LogP contribution < -0.4 is 0 Å². The Hall–Kier alpha value is -2.28. The van der Waals surface area contributed by atoms with Gasteiger partial charge in [-0.3, -0.25) is 4.99 Å². The molecule has 0 spiro atoms. The van der Waals surface area contributed by atoms with Crippen LogP contribution in [0.3, 0.4) is 0 Å². The molecule has 1 aliphatic rings. The number of halogens is 3. The normalized spacial score (nSPS) is 14.5. The smallest absolute Gasteiger partial charge is 0.265 e. The summed E-state index contributed by atoms with van der Waals surface area (Å²) in [6.45, 7) is 3.07. The maximum atomic E-state index is 12.9. The summed E-state index contributed by atoms with van der Waals surface area (Å²) in [5, 5.41) is 8.11. The van der Waals surface area contributed by atoms with E-state index in [2.05, 4.69) is 15.3 Å². The molecule has 2 heterocycles. The first-order valence-corrected chi connectivity index (χ1v) is 7.32. The van der Waals surface area contributed by atoms with Crippen molar-refractivity contribution in [1.29, 1.82) is 0 Å². The van der Waals surface area contributed by atoms with Crippen LogP contribution in [0.25, 0.3) is 5.69 Å². The lowest BCUT2D eigenvalue weighted by Gasteiger charge is -2.19. The van der Waals surface area contributed by atoms with Crippen LogP contribution in [-0.2, 0) is 6.54 Å². The van der Waals surface area contributed by atoms with E-state index in [4.69, 9.17) is 11.6 Å². The summed E-state index contributed by atoms with van der Waals surface area (Å²) in [6, 6.07) is 4.38. The summed E-state index contributed by atoms with van der Waals surface area (Å²) in [7, 11) is 0. The van der Waals surface area contributed by atoms with Gasteiger partial charge in [-0.05, 0) is 30.7 Å². The summed E-state index contributed by atoms with van der Waals surface area (Å²) in [5.41, 5.74) is 2.06. The molecule has 5 nitrogen and oxygen atoms in total. The molecule has 0 bridgehead atoms. The first-order chi connectivity index (χ1) is 11.0. The second-order valence-corrected chi connectivity index (χ2v) is 5.64. The van der Waals surface area contributed by atoms with Gasteiger partial charge in [-0.25, -0.2) is 13.5 Å². The third-order valence-electron chi connectivity index (χ3n) is 3.33. The van der Waals surface area contributed by atoms with Crippen molar-refractivity contribution in [2.75, 3.05) is 6.67 Å². The minimum atomic E-state index is -2.63. The van der Waals surface area contributed by atoms with E-state index in [1.807, 2.05) is 24.2 Å². The average molecular weight is 338 g/mol. The molecule has 2 aromatic rings. The molecule has 0 aliphatic carbocycles. The zero-order valence-corrected chi connectivity index (χ0v) is 13.1. The van der Waals surface area contributed by atoms with Crippen LogP contribution in [0.5, 0.6) is 0 Å². The minimum absolute atomic E-state index is 0.0379. The maximum absolute atomic E-state index is 12.9. The number of rotatable bonds is 4. The molecule has 0 unspecified atom stereocenters. The van der Waals surface area contributed by atoms with E-state index in [0.29, 0.717) is 18.9 Å². The van der Waals surface area contributed by atoms with Crippen LogP contribution in [0.1, 0.15) is 24.6 Å². The second-order valence-electron chi connectivity index (χ2n) is 5.23. The van der Waals surface area contributed by atoms with Gasteiger partial charge in [-0.1, -0.05) is 16.8 Å². The summed E-state index contributed by atoms with van der Waals surface area (Å²) < 4.78 is 27.3. The zero-order chi connectivity index (χ0) is 16.4. The number of nitrogens with zero attached hydrogens (tertiary/aromatic N) is 5. The molecule has 0 saturated carbocycles. The fraction of sp³-hybridized carbons (Fsp3) is 0.267. The number of alkyl halides is 2. The molecule has 0 atom stereocenters. The minimum Gasteiger partial charge on any atom is -0.352 e. The molecule has 0 N–H and O–H groups in total. The Balaban J connectivity index is 1.79. The van der Waals surface area contributed by atoms with Crippen molar-refractivity contribution < 1.29 is 8.78 Å².